The summed E-state index contributed by atoms with van der Waals surface area (Å²) in [5.41, 5.74) is 37.5. The Balaban J connectivity index is 1.07. The van der Waals surface area contributed by atoms with E-state index in [4.69, 9.17) is 60.0 Å². The molecule has 0 saturated heterocycles. The minimum absolute atomic E-state index is 0.0368. The fourth-order valence-corrected chi connectivity index (χ4v) is 8.51. The van der Waals surface area contributed by atoms with Crippen LogP contribution in [0.3, 0.4) is 0 Å². The summed E-state index contributed by atoms with van der Waals surface area (Å²) >= 11 is 0. The van der Waals surface area contributed by atoms with Gasteiger partial charge in [-0.2, -0.15) is 0 Å². The summed E-state index contributed by atoms with van der Waals surface area (Å²) in [6, 6.07) is 39.7. The van der Waals surface area contributed by atoms with Gasteiger partial charge in [0.1, 0.15) is 100 Å². The van der Waals surface area contributed by atoms with Gasteiger partial charge in [0.15, 0.2) is 0 Å². The van der Waals surface area contributed by atoms with E-state index in [1.54, 1.807) is 60.7 Å². The van der Waals surface area contributed by atoms with Crippen LogP contribution in [0, 0.1) is 0 Å². The van der Waals surface area contributed by atoms with Gasteiger partial charge in [0.2, 0.25) is 0 Å². The smallest absolute Gasteiger partial charge is 0.338 e. The van der Waals surface area contributed by atoms with Gasteiger partial charge in [-0.1, -0.05) is 93.3 Å². The summed E-state index contributed by atoms with van der Waals surface area (Å²) in [7, 11) is 0. The molecular formula is C61H52N12O16. The molecule has 0 bridgehead atoms. The minimum atomic E-state index is -1.37. The number of carbonyl (C=O) groups is 4. The highest BCUT2D eigenvalue weighted by molar-refractivity contribution is 5.94. The molecule has 0 aliphatic rings. The lowest BCUT2D eigenvalue weighted by Crippen LogP contribution is -2.26. The van der Waals surface area contributed by atoms with Gasteiger partial charge in [0.05, 0.1) is 22.3 Å². The third kappa shape index (κ3) is 18.2. The molecule has 0 radical (unpaired) electrons. The normalized spacial score (nSPS) is 12.0. The Morgan fingerprint density at radius 2 is 0.607 bits per heavy atom. The summed E-state index contributed by atoms with van der Waals surface area (Å²) in [5.74, 6) is -2.05. The number of hydrogen-bond acceptors (Lipinski definition) is 20. The lowest BCUT2D eigenvalue weighted by Gasteiger charge is -2.21. The average molecular weight is 1210 g/mol. The Labute approximate surface area is 504 Å². The fraction of sp³-hybridized carbons (Fsp3) is 0.213. The van der Waals surface area contributed by atoms with Crippen LogP contribution in [-0.2, 0) is 25.4 Å². The molecule has 0 saturated carbocycles. The Bertz CT molecular complexity index is 3770. The van der Waals surface area contributed by atoms with Crippen molar-refractivity contribution in [3.8, 4) is 23.0 Å². The Kier molecular flexibility index (Phi) is 22.5. The maximum atomic E-state index is 12.9. The standard InChI is InChI=1S/C61H52N12O16/c62-70-66-42-13-1-38(2-14-42)58(78)86-32-46(74)28-82-50-21-9-36-11-23-56(84-30-48(76)34-88-60(80)40-5-17-44(18-6-40)68-72-64)54(52(36)25-50)27-55-53-26-51(83-29-47(75)33-87-59(79)39-3-15-43(16-4-39)67-71-63)22-10-37(53)12-24-57(55)85-31-49(77)35-89-61(81)41-7-19-45(20-8-41)69-73-65/h1-26,46-49,74-77H,27-35H2. The zero-order chi connectivity index (χ0) is 63.1. The van der Waals surface area contributed by atoms with E-state index < -0.39 is 87.9 Å². The molecule has 0 aliphatic carbocycles. The number of aliphatic hydroxyl groups is 4. The van der Waals surface area contributed by atoms with Crippen LogP contribution >= 0.6 is 0 Å². The van der Waals surface area contributed by atoms with Gasteiger partial charge in [-0.3, -0.25) is 0 Å². The number of azide groups is 4. The van der Waals surface area contributed by atoms with Crippen LogP contribution in [0.1, 0.15) is 52.6 Å². The summed E-state index contributed by atoms with van der Waals surface area (Å²) in [5, 5.41) is 60.5. The summed E-state index contributed by atoms with van der Waals surface area (Å²) in [4.78, 5) is 62.3. The van der Waals surface area contributed by atoms with Crippen molar-refractivity contribution < 1.29 is 77.5 Å². The zero-order valence-corrected chi connectivity index (χ0v) is 46.7. The highest BCUT2D eigenvalue weighted by Crippen LogP contribution is 2.39. The molecule has 8 aromatic rings. The fourth-order valence-electron chi connectivity index (χ4n) is 8.51. The number of esters is 4. The third-order valence-corrected chi connectivity index (χ3v) is 12.9. The molecular weight excluding hydrogens is 1160 g/mol. The monoisotopic (exact) mass is 1210 g/mol. The molecule has 0 fully saturated rings. The molecule has 0 aromatic heterocycles. The van der Waals surface area contributed by atoms with Crippen LogP contribution in [0.2, 0.25) is 0 Å². The van der Waals surface area contributed by atoms with Crippen molar-refractivity contribution >= 4 is 68.2 Å². The second-order valence-corrected chi connectivity index (χ2v) is 19.2. The topological polar surface area (TPSA) is 418 Å². The number of aliphatic hydroxyl groups excluding tert-OH is 4. The minimum Gasteiger partial charge on any atom is -0.491 e. The first kappa shape index (κ1) is 63.5. The van der Waals surface area contributed by atoms with E-state index in [0.29, 0.717) is 32.7 Å². The number of fused-ring (bicyclic) bond motifs is 2. The molecule has 89 heavy (non-hydrogen) atoms. The van der Waals surface area contributed by atoms with Crippen molar-refractivity contribution in [2.24, 2.45) is 20.5 Å². The molecule has 452 valence electrons. The molecule has 4 atom stereocenters. The van der Waals surface area contributed by atoms with Gasteiger partial charge in [-0.05, 0) is 129 Å². The van der Waals surface area contributed by atoms with Gasteiger partial charge in [-0.25, -0.2) is 19.2 Å². The van der Waals surface area contributed by atoms with Crippen molar-refractivity contribution in [3.63, 3.8) is 0 Å². The second kappa shape index (κ2) is 31.5. The van der Waals surface area contributed by atoms with Gasteiger partial charge < -0.3 is 58.3 Å². The molecule has 0 spiro atoms. The number of carbonyl (C=O) groups excluding carboxylic acids is 4. The summed E-state index contributed by atoms with van der Waals surface area (Å²) in [6.07, 6.45) is -5.37. The SMILES string of the molecule is [N-]=[N+]=Nc1ccc(C(=O)OCC(O)COc2ccc3ccc(OCC(O)COC(=O)c4ccc(N=[N+]=[N-])cc4)c(Cc4c(OCC(O)COC(=O)c5ccc(N=[N+]=[N-])cc5)ccc5ccc(OCC(O)COC(=O)c6ccc(N=[N+]=[N-])cc6)cc45)c3c2)cc1. The van der Waals surface area contributed by atoms with Crippen molar-refractivity contribution in [1.29, 1.82) is 0 Å². The molecule has 4 unspecified atom stereocenters. The first-order valence-electron chi connectivity index (χ1n) is 26.8. The first-order chi connectivity index (χ1) is 43.2. The molecule has 4 N–H and O–H groups in total. The number of nitrogens with zero attached hydrogens (tertiary/aromatic N) is 12. The molecule has 28 heteroatoms. The molecule has 0 heterocycles. The Morgan fingerprint density at radius 1 is 0.348 bits per heavy atom. The molecule has 28 nitrogen and oxygen atoms in total. The van der Waals surface area contributed by atoms with Crippen LogP contribution < -0.4 is 18.9 Å². The van der Waals surface area contributed by atoms with Crippen LogP contribution in [0.15, 0.2) is 178 Å². The average Bonchev–Trinajstić information content (AvgIpc) is 1.86. The molecule has 0 amide bonds. The van der Waals surface area contributed by atoms with Gasteiger partial charge in [0, 0.05) is 59.9 Å². The van der Waals surface area contributed by atoms with Crippen LogP contribution in [-0.4, -0.2) is 122 Å². The second-order valence-electron chi connectivity index (χ2n) is 19.2. The van der Waals surface area contributed by atoms with Crippen LogP contribution in [0.25, 0.3) is 63.3 Å². The van der Waals surface area contributed by atoms with Gasteiger partial charge in [-0.15, -0.1) is 0 Å². The van der Waals surface area contributed by atoms with Crippen molar-refractivity contribution in [3.05, 3.63) is 233 Å². The Morgan fingerprint density at radius 3 is 0.876 bits per heavy atom. The van der Waals surface area contributed by atoms with E-state index in [0.717, 1.165) is 0 Å². The highest BCUT2D eigenvalue weighted by atomic mass is 16.6. The van der Waals surface area contributed by atoms with E-state index in [-0.39, 0.29) is 87.6 Å². The van der Waals surface area contributed by atoms with E-state index in [1.165, 1.54) is 97.1 Å². The number of rotatable bonds is 30. The number of benzene rings is 8. The highest BCUT2D eigenvalue weighted by Gasteiger charge is 2.22. The van der Waals surface area contributed by atoms with Crippen molar-refractivity contribution in [2.75, 3.05) is 52.9 Å². The number of hydrogen-bond donors (Lipinski definition) is 4. The predicted octanol–water partition coefficient (Wildman–Crippen LogP) is 11.7. The third-order valence-electron chi connectivity index (χ3n) is 12.9. The van der Waals surface area contributed by atoms with Crippen molar-refractivity contribution in [2.45, 2.75) is 30.8 Å². The van der Waals surface area contributed by atoms with Crippen LogP contribution in [0.5, 0.6) is 23.0 Å². The first-order valence-corrected chi connectivity index (χ1v) is 26.8. The van der Waals surface area contributed by atoms with Crippen molar-refractivity contribution in [1.82, 2.24) is 0 Å². The molecule has 0 aliphatic heterocycles. The summed E-state index contributed by atoms with van der Waals surface area (Å²) < 4.78 is 46.2. The van der Waals surface area contributed by atoms with E-state index in [9.17, 15) is 39.6 Å². The largest absolute Gasteiger partial charge is 0.491 e. The maximum Gasteiger partial charge on any atom is 0.338 e. The predicted molar refractivity (Wildman–Crippen MR) is 319 cm³/mol. The molecule has 8 rings (SSSR count). The maximum absolute atomic E-state index is 12.9. The van der Waals surface area contributed by atoms with Crippen LogP contribution in [0.4, 0.5) is 22.7 Å². The lowest BCUT2D eigenvalue weighted by atomic mass is 9.93. The van der Waals surface area contributed by atoms with E-state index in [1.807, 2.05) is 0 Å². The quantitative estimate of drug-likeness (QED) is 0.0107. The van der Waals surface area contributed by atoms with E-state index in [2.05, 4.69) is 40.1 Å². The number of ether oxygens (including phenoxy) is 8. The Hall–Kier alpha value is -11.6. The zero-order valence-electron chi connectivity index (χ0n) is 46.7. The molecule has 8 aromatic carbocycles. The van der Waals surface area contributed by atoms with Gasteiger partial charge >= 0.3 is 23.9 Å². The summed E-state index contributed by atoms with van der Waals surface area (Å²) in [6.45, 7) is -3.34. The van der Waals surface area contributed by atoms with Gasteiger partial charge in [0.25, 0.3) is 0 Å². The van der Waals surface area contributed by atoms with E-state index >= 15 is 0 Å². The lowest BCUT2D eigenvalue weighted by molar-refractivity contribution is 0.0127.